The molecular formula is C20H21N4O4S-. The zero-order chi connectivity index (χ0) is 21.2. The first kappa shape index (κ1) is 20.9. The Morgan fingerprint density at radius 1 is 1.38 bits per heavy atom. The van der Waals surface area contributed by atoms with Gasteiger partial charge in [0.2, 0.25) is 5.91 Å². The molecule has 0 aromatic heterocycles. The largest absolute Gasteiger partial charge is 0.772 e. The molecule has 1 aliphatic heterocycles. The quantitative estimate of drug-likeness (QED) is 0.510. The fourth-order valence-corrected chi connectivity index (χ4v) is 4.03. The Morgan fingerprint density at radius 2 is 2.03 bits per heavy atom. The summed E-state index contributed by atoms with van der Waals surface area (Å²) in [5.41, 5.74) is 1.76. The maximum Gasteiger partial charge on any atom is 0.269 e. The topological polar surface area (TPSA) is 137 Å². The lowest BCUT2D eigenvalue weighted by Gasteiger charge is -2.33. The third-order valence-corrected chi connectivity index (χ3v) is 6.64. The van der Waals surface area contributed by atoms with Crippen molar-refractivity contribution in [3.63, 3.8) is 0 Å². The van der Waals surface area contributed by atoms with Gasteiger partial charge in [-0.25, -0.2) is 0 Å². The molecule has 1 aromatic rings. The molecule has 2 amide bonds. The number of carbonyl (C=O) groups is 2. The van der Waals surface area contributed by atoms with E-state index < -0.39 is 21.7 Å². The number of amides is 2. The molecule has 1 aromatic carbocycles. The fraction of sp³-hybridized carbons (Fsp3) is 0.400. The van der Waals surface area contributed by atoms with Crippen molar-refractivity contribution >= 4 is 28.6 Å². The normalized spacial score (nSPS) is 18.8. The van der Waals surface area contributed by atoms with E-state index in [0.29, 0.717) is 36.0 Å². The molecule has 0 bridgehead atoms. The van der Waals surface area contributed by atoms with E-state index in [9.17, 15) is 18.4 Å². The Morgan fingerprint density at radius 3 is 2.59 bits per heavy atom. The third-order valence-electron chi connectivity index (χ3n) is 5.40. The lowest BCUT2D eigenvalue weighted by molar-refractivity contribution is -0.127. The second-order valence-corrected chi connectivity index (χ2v) is 8.70. The molecule has 1 unspecified atom stereocenters. The van der Waals surface area contributed by atoms with Crippen molar-refractivity contribution in [3.8, 4) is 6.07 Å². The van der Waals surface area contributed by atoms with Gasteiger partial charge in [0, 0.05) is 25.2 Å². The summed E-state index contributed by atoms with van der Waals surface area (Å²) in [6.45, 7) is 2.22. The minimum absolute atomic E-state index is 0.158. The zero-order valence-electron chi connectivity index (χ0n) is 16.0. The second-order valence-electron chi connectivity index (χ2n) is 7.36. The van der Waals surface area contributed by atoms with Gasteiger partial charge in [-0.15, -0.1) is 0 Å². The van der Waals surface area contributed by atoms with Gasteiger partial charge < -0.3 is 14.8 Å². The predicted molar refractivity (Wildman–Crippen MR) is 106 cm³/mol. The van der Waals surface area contributed by atoms with Crippen molar-refractivity contribution < 1.29 is 18.4 Å². The van der Waals surface area contributed by atoms with Crippen molar-refractivity contribution in [2.24, 2.45) is 0 Å². The summed E-state index contributed by atoms with van der Waals surface area (Å²) in [6, 6.07) is 8.77. The van der Waals surface area contributed by atoms with Gasteiger partial charge in [0.1, 0.15) is 5.71 Å². The molecular weight excluding hydrogens is 392 g/mol. The molecule has 1 saturated carbocycles. The third kappa shape index (κ3) is 4.44. The Labute approximate surface area is 171 Å². The summed E-state index contributed by atoms with van der Waals surface area (Å²) in [4.78, 5) is 26.5. The van der Waals surface area contributed by atoms with Crippen molar-refractivity contribution in [3.05, 3.63) is 46.5 Å². The van der Waals surface area contributed by atoms with Gasteiger partial charge in [-0.05, 0) is 60.5 Å². The standard InChI is InChI=1S/C20H22N4O4S/c1-13-16(6-9-24(19(13)26)12-20(7-8-20)29(27)28)17(22)18(25)23-11-15-4-2-14(10-21)3-5-15/h2-5,22H,6-9,11-12H2,1H3,(H,23,25)(H,27,28)/p-1. The molecule has 2 N–H and O–H groups in total. The molecule has 1 heterocycles. The van der Waals surface area contributed by atoms with Crippen molar-refractivity contribution in [2.75, 3.05) is 13.1 Å². The summed E-state index contributed by atoms with van der Waals surface area (Å²) in [6.07, 6.45) is 1.44. The number of rotatable bonds is 7. The van der Waals surface area contributed by atoms with Gasteiger partial charge in [-0.2, -0.15) is 5.26 Å². The van der Waals surface area contributed by atoms with Gasteiger partial charge >= 0.3 is 0 Å². The van der Waals surface area contributed by atoms with Crippen LogP contribution in [0.3, 0.4) is 0 Å². The van der Waals surface area contributed by atoms with E-state index in [1.165, 1.54) is 4.90 Å². The summed E-state index contributed by atoms with van der Waals surface area (Å²) in [5.74, 6) is -0.906. The molecule has 3 rings (SSSR count). The number of nitrogens with zero attached hydrogens (tertiary/aromatic N) is 2. The number of hydrogen-bond acceptors (Lipinski definition) is 6. The van der Waals surface area contributed by atoms with Crippen LogP contribution in [0.25, 0.3) is 0 Å². The van der Waals surface area contributed by atoms with E-state index in [1.54, 1.807) is 31.2 Å². The summed E-state index contributed by atoms with van der Waals surface area (Å²) < 4.78 is 21.9. The minimum atomic E-state index is -2.22. The molecule has 8 nitrogen and oxygen atoms in total. The lowest BCUT2D eigenvalue weighted by Crippen LogP contribution is -2.45. The SMILES string of the molecule is CC1=C(C(=N)C(=O)NCc2ccc(C#N)cc2)CCN(CC2(S(=O)[O-])CC2)C1=O. The van der Waals surface area contributed by atoms with Crippen LogP contribution in [0.4, 0.5) is 0 Å². The average Bonchev–Trinajstić information content (AvgIpc) is 3.50. The van der Waals surface area contributed by atoms with E-state index in [0.717, 1.165) is 5.56 Å². The van der Waals surface area contributed by atoms with Crippen LogP contribution >= 0.6 is 0 Å². The van der Waals surface area contributed by atoms with E-state index in [4.69, 9.17) is 10.7 Å². The molecule has 0 spiro atoms. The number of benzene rings is 1. The zero-order valence-corrected chi connectivity index (χ0v) is 16.8. The maximum atomic E-state index is 12.6. The molecule has 0 radical (unpaired) electrons. The summed E-state index contributed by atoms with van der Waals surface area (Å²) in [7, 11) is 0. The van der Waals surface area contributed by atoms with E-state index in [1.807, 2.05) is 6.07 Å². The summed E-state index contributed by atoms with van der Waals surface area (Å²) in [5, 5.41) is 19.6. The van der Waals surface area contributed by atoms with Crippen LogP contribution in [0.1, 0.15) is 37.3 Å². The van der Waals surface area contributed by atoms with Crippen LogP contribution in [0.5, 0.6) is 0 Å². The molecule has 152 valence electrons. The molecule has 9 heteroatoms. The highest BCUT2D eigenvalue weighted by Crippen LogP contribution is 2.42. The lowest BCUT2D eigenvalue weighted by atomic mass is 9.95. The van der Waals surface area contributed by atoms with Crippen LogP contribution in [0.2, 0.25) is 0 Å². The van der Waals surface area contributed by atoms with Crippen molar-refractivity contribution in [1.29, 1.82) is 10.7 Å². The highest BCUT2D eigenvalue weighted by molar-refractivity contribution is 7.81. The first-order valence-electron chi connectivity index (χ1n) is 9.22. The Kier molecular flexibility index (Phi) is 5.96. The number of nitriles is 1. The van der Waals surface area contributed by atoms with Gasteiger partial charge in [-0.3, -0.25) is 19.2 Å². The van der Waals surface area contributed by atoms with Crippen LogP contribution in [-0.4, -0.2) is 49.0 Å². The Hall–Kier alpha value is -2.83. The highest BCUT2D eigenvalue weighted by atomic mass is 32.2. The van der Waals surface area contributed by atoms with Gasteiger partial charge in [0.15, 0.2) is 0 Å². The van der Waals surface area contributed by atoms with Crippen molar-refractivity contribution in [2.45, 2.75) is 37.5 Å². The first-order chi connectivity index (χ1) is 13.8. The minimum Gasteiger partial charge on any atom is -0.772 e. The van der Waals surface area contributed by atoms with Gasteiger partial charge in [-0.1, -0.05) is 12.1 Å². The highest BCUT2D eigenvalue weighted by Gasteiger charge is 2.47. The Balaban J connectivity index is 1.62. The molecule has 0 saturated heterocycles. The van der Waals surface area contributed by atoms with Gasteiger partial charge in [0.05, 0.1) is 16.4 Å². The molecule has 1 atom stereocenters. The number of hydrogen-bond donors (Lipinski definition) is 2. The number of carbonyl (C=O) groups excluding carboxylic acids is 2. The van der Waals surface area contributed by atoms with E-state index in [-0.39, 0.29) is 31.3 Å². The molecule has 29 heavy (non-hydrogen) atoms. The van der Waals surface area contributed by atoms with Gasteiger partial charge in [0.25, 0.3) is 5.91 Å². The maximum absolute atomic E-state index is 12.6. The first-order valence-corrected chi connectivity index (χ1v) is 10.3. The monoisotopic (exact) mass is 413 g/mol. The van der Waals surface area contributed by atoms with Crippen LogP contribution in [0.15, 0.2) is 35.4 Å². The smallest absolute Gasteiger partial charge is 0.269 e. The average molecular weight is 413 g/mol. The Bertz CT molecular complexity index is 958. The fourth-order valence-electron chi connectivity index (χ4n) is 3.34. The predicted octanol–water partition coefficient (Wildman–Crippen LogP) is 1.15. The van der Waals surface area contributed by atoms with Crippen LogP contribution < -0.4 is 5.32 Å². The number of nitrogens with one attached hydrogen (secondary N) is 2. The van der Waals surface area contributed by atoms with Crippen LogP contribution in [0, 0.1) is 16.7 Å². The second kappa shape index (κ2) is 8.27. The summed E-state index contributed by atoms with van der Waals surface area (Å²) >= 11 is -2.22. The van der Waals surface area contributed by atoms with Crippen LogP contribution in [-0.2, 0) is 27.2 Å². The van der Waals surface area contributed by atoms with Crippen molar-refractivity contribution in [1.82, 2.24) is 10.2 Å². The van der Waals surface area contributed by atoms with E-state index in [2.05, 4.69) is 5.32 Å². The molecule has 1 fully saturated rings. The van der Waals surface area contributed by atoms with E-state index >= 15 is 0 Å². The molecule has 2 aliphatic rings. The molecule has 1 aliphatic carbocycles.